The maximum atomic E-state index is 12.8. The van der Waals surface area contributed by atoms with Crippen molar-refractivity contribution in [2.24, 2.45) is 7.05 Å². The number of nitrogens with one attached hydrogen (secondary N) is 2. The molecule has 0 bridgehead atoms. The van der Waals surface area contributed by atoms with Crippen LogP contribution in [0.2, 0.25) is 0 Å². The van der Waals surface area contributed by atoms with E-state index in [9.17, 15) is 9.59 Å². The quantitative estimate of drug-likeness (QED) is 0.206. The Morgan fingerprint density at radius 1 is 1.07 bits per heavy atom. The SMILES string of the molecule is C=CC(=O)Nc1cc(Nc2nccc(-c3c(C(=O)OC)n(C)c4ccccc34)n2)c(OC)cc1N(C)CCN(C)C. The molecular weight excluding hydrogens is 522 g/mol. The number of carbonyl (C=O) groups excluding carboxylic acids is 2. The second-order valence-electron chi connectivity index (χ2n) is 9.67. The predicted molar refractivity (Wildman–Crippen MR) is 162 cm³/mol. The number of likely N-dealkylation sites (N-methyl/N-ethyl adjacent to an activating group) is 2. The summed E-state index contributed by atoms with van der Waals surface area (Å²) < 4.78 is 12.6. The van der Waals surface area contributed by atoms with Gasteiger partial charge >= 0.3 is 5.97 Å². The smallest absolute Gasteiger partial charge is 0.355 e. The summed E-state index contributed by atoms with van der Waals surface area (Å²) in [6, 6.07) is 13.1. The third kappa shape index (κ3) is 6.15. The number of fused-ring (bicyclic) bond motifs is 1. The number of benzene rings is 2. The van der Waals surface area contributed by atoms with Gasteiger partial charge in [-0.15, -0.1) is 0 Å². The van der Waals surface area contributed by atoms with Crippen molar-refractivity contribution in [3.8, 4) is 17.0 Å². The first-order chi connectivity index (χ1) is 19.7. The highest BCUT2D eigenvalue weighted by Crippen LogP contribution is 2.39. The van der Waals surface area contributed by atoms with E-state index in [-0.39, 0.29) is 11.9 Å². The van der Waals surface area contributed by atoms with Crippen LogP contribution in [0, 0.1) is 0 Å². The van der Waals surface area contributed by atoms with Crippen molar-refractivity contribution in [2.45, 2.75) is 0 Å². The Balaban J connectivity index is 1.78. The Labute approximate surface area is 239 Å². The van der Waals surface area contributed by atoms with Gasteiger partial charge in [-0.05, 0) is 38.4 Å². The summed E-state index contributed by atoms with van der Waals surface area (Å²) in [5.74, 6) is -0.0000318. The number of anilines is 4. The Bertz CT molecular complexity index is 1600. The second kappa shape index (κ2) is 12.5. The van der Waals surface area contributed by atoms with Crippen molar-refractivity contribution >= 4 is 45.8 Å². The molecule has 2 heterocycles. The Hall–Kier alpha value is -4.90. The molecule has 2 aromatic carbocycles. The number of carbonyl (C=O) groups is 2. The van der Waals surface area contributed by atoms with E-state index in [1.807, 2.05) is 63.4 Å². The van der Waals surface area contributed by atoms with Gasteiger partial charge in [0.15, 0.2) is 0 Å². The fourth-order valence-corrected chi connectivity index (χ4v) is 4.57. The zero-order valence-corrected chi connectivity index (χ0v) is 24.2. The summed E-state index contributed by atoms with van der Waals surface area (Å²) in [5, 5.41) is 6.97. The van der Waals surface area contributed by atoms with Crippen molar-refractivity contribution < 1.29 is 19.1 Å². The van der Waals surface area contributed by atoms with Gasteiger partial charge in [0.05, 0.1) is 37.0 Å². The van der Waals surface area contributed by atoms with Gasteiger partial charge in [0.25, 0.3) is 0 Å². The standard InChI is InChI=1S/C30H35N7O4/c1-8-26(38)32-21-17-22(25(40-6)18-24(21)36(4)16-15-35(2)3)34-30-31-14-13-20(33-30)27-19-11-9-10-12-23(19)37(5)28(27)29(39)41-7/h8-14,17-18H,1,15-16H2,2-7H3,(H,32,38)(H,31,33,34). The van der Waals surface area contributed by atoms with E-state index in [4.69, 9.17) is 14.5 Å². The summed E-state index contributed by atoms with van der Waals surface area (Å²) in [5.41, 5.74) is 4.32. The highest BCUT2D eigenvalue weighted by atomic mass is 16.5. The third-order valence-electron chi connectivity index (χ3n) is 6.70. The van der Waals surface area contributed by atoms with Gasteiger partial charge in [-0.3, -0.25) is 4.79 Å². The maximum absolute atomic E-state index is 12.8. The zero-order valence-electron chi connectivity index (χ0n) is 24.2. The lowest BCUT2D eigenvalue weighted by Gasteiger charge is -2.26. The molecule has 0 unspecified atom stereocenters. The third-order valence-corrected chi connectivity index (χ3v) is 6.70. The molecule has 0 fully saturated rings. The van der Waals surface area contributed by atoms with Crippen LogP contribution in [0.25, 0.3) is 22.2 Å². The van der Waals surface area contributed by atoms with Crippen LogP contribution in [0.5, 0.6) is 5.75 Å². The van der Waals surface area contributed by atoms with Crippen LogP contribution in [-0.2, 0) is 16.6 Å². The molecule has 0 aliphatic heterocycles. The number of rotatable bonds is 11. The normalized spacial score (nSPS) is 10.9. The highest BCUT2D eigenvalue weighted by molar-refractivity contribution is 6.08. The van der Waals surface area contributed by atoms with Crippen LogP contribution < -0.4 is 20.3 Å². The van der Waals surface area contributed by atoms with Crippen molar-refractivity contribution in [1.29, 1.82) is 0 Å². The second-order valence-corrected chi connectivity index (χ2v) is 9.67. The number of hydrogen-bond acceptors (Lipinski definition) is 9. The summed E-state index contributed by atoms with van der Waals surface area (Å²) in [6.45, 7) is 5.11. The van der Waals surface area contributed by atoms with E-state index in [1.165, 1.54) is 13.2 Å². The van der Waals surface area contributed by atoms with Crippen LogP contribution in [-0.4, -0.2) is 79.8 Å². The lowest BCUT2D eigenvalue weighted by Crippen LogP contribution is -2.29. The molecule has 4 rings (SSSR count). The number of para-hydroxylation sites is 1. The highest BCUT2D eigenvalue weighted by Gasteiger charge is 2.24. The van der Waals surface area contributed by atoms with Gasteiger partial charge in [0.2, 0.25) is 11.9 Å². The lowest BCUT2D eigenvalue weighted by molar-refractivity contribution is -0.111. The zero-order chi connectivity index (χ0) is 29.7. The van der Waals surface area contributed by atoms with Crippen LogP contribution in [0.15, 0.2) is 61.3 Å². The molecule has 0 aliphatic rings. The van der Waals surface area contributed by atoms with E-state index >= 15 is 0 Å². The number of hydrogen-bond donors (Lipinski definition) is 2. The largest absolute Gasteiger partial charge is 0.494 e. The number of methoxy groups -OCH3 is 2. The molecular formula is C30H35N7O4. The molecule has 0 saturated heterocycles. The average Bonchev–Trinajstić information content (AvgIpc) is 3.27. The first kappa shape index (κ1) is 29.1. The van der Waals surface area contributed by atoms with Gasteiger partial charge in [0.1, 0.15) is 11.4 Å². The minimum Gasteiger partial charge on any atom is -0.494 e. The Morgan fingerprint density at radius 2 is 1.83 bits per heavy atom. The first-order valence-corrected chi connectivity index (χ1v) is 13.0. The number of ether oxygens (including phenoxy) is 2. The van der Waals surface area contributed by atoms with E-state index in [0.29, 0.717) is 34.1 Å². The summed E-state index contributed by atoms with van der Waals surface area (Å²) >= 11 is 0. The molecule has 4 aromatic rings. The molecule has 0 saturated carbocycles. The lowest BCUT2D eigenvalue weighted by atomic mass is 10.1. The molecule has 214 valence electrons. The molecule has 0 aliphatic carbocycles. The number of nitrogens with zero attached hydrogens (tertiary/aromatic N) is 5. The fourth-order valence-electron chi connectivity index (χ4n) is 4.57. The van der Waals surface area contributed by atoms with Crippen LogP contribution in [0.4, 0.5) is 23.0 Å². The topological polar surface area (TPSA) is 114 Å². The minimum absolute atomic E-state index is 0.277. The van der Waals surface area contributed by atoms with E-state index in [1.54, 1.807) is 30.0 Å². The van der Waals surface area contributed by atoms with Crippen LogP contribution in [0.1, 0.15) is 10.5 Å². The average molecular weight is 558 g/mol. The van der Waals surface area contributed by atoms with Gasteiger partial charge in [-0.25, -0.2) is 14.8 Å². The fraction of sp³-hybridized carbons (Fsp3) is 0.267. The number of amides is 1. The Kier molecular flexibility index (Phi) is 8.88. The molecule has 0 radical (unpaired) electrons. The van der Waals surface area contributed by atoms with Gasteiger partial charge < -0.3 is 34.5 Å². The maximum Gasteiger partial charge on any atom is 0.355 e. The van der Waals surface area contributed by atoms with Crippen molar-refractivity contribution in [3.63, 3.8) is 0 Å². The van der Waals surface area contributed by atoms with Crippen molar-refractivity contribution in [1.82, 2.24) is 19.4 Å². The molecule has 41 heavy (non-hydrogen) atoms. The molecule has 11 heteroatoms. The Morgan fingerprint density at radius 3 is 2.51 bits per heavy atom. The van der Waals surface area contributed by atoms with Gasteiger partial charge in [-0.1, -0.05) is 24.8 Å². The van der Waals surface area contributed by atoms with Gasteiger partial charge in [0, 0.05) is 55.9 Å². The molecule has 0 atom stereocenters. The molecule has 0 spiro atoms. The monoisotopic (exact) mass is 557 g/mol. The summed E-state index contributed by atoms with van der Waals surface area (Å²) in [4.78, 5) is 38.4. The van der Waals surface area contributed by atoms with Gasteiger partial charge in [-0.2, -0.15) is 0 Å². The van der Waals surface area contributed by atoms with E-state index in [0.717, 1.165) is 29.7 Å². The van der Waals surface area contributed by atoms with Crippen molar-refractivity contribution in [2.75, 3.05) is 64.0 Å². The number of aromatic nitrogens is 3. The van der Waals surface area contributed by atoms with E-state index in [2.05, 4.69) is 27.1 Å². The molecule has 2 N–H and O–H groups in total. The summed E-state index contributed by atoms with van der Waals surface area (Å²) in [7, 11) is 10.7. The number of aryl methyl sites for hydroxylation is 1. The molecule has 2 aromatic heterocycles. The molecule has 1 amide bonds. The van der Waals surface area contributed by atoms with E-state index < -0.39 is 5.97 Å². The van der Waals surface area contributed by atoms with Crippen molar-refractivity contribution in [3.05, 3.63) is 67.0 Å². The van der Waals surface area contributed by atoms with Crippen LogP contribution in [0.3, 0.4) is 0 Å². The first-order valence-electron chi connectivity index (χ1n) is 13.0. The molecule has 11 nitrogen and oxygen atoms in total. The summed E-state index contributed by atoms with van der Waals surface area (Å²) in [6.07, 6.45) is 2.83. The van der Waals surface area contributed by atoms with Crippen LogP contribution >= 0.6 is 0 Å². The minimum atomic E-state index is -0.468. The number of esters is 1. The predicted octanol–water partition coefficient (Wildman–Crippen LogP) is 4.30.